The lowest BCUT2D eigenvalue weighted by atomic mass is 10.1. The van der Waals surface area contributed by atoms with Gasteiger partial charge in [-0.2, -0.15) is 5.10 Å². The van der Waals surface area contributed by atoms with Gasteiger partial charge < -0.3 is 10.1 Å². The molecule has 3 aromatic rings. The van der Waals surface area contributed by atoms with Gasteiger partial charge in [-0.3, -0.25) is 9.59 Å². The number of amides is 2. The van der Waals surface area contributed by atoms with Crippen LogP contribution in [0.25, 0.3) is 0 Å². The number of para-hydroxylation sites is 1. The van der Waals surface area contributed by atoms with E-state index >= 15 is 0 Å². The third-order valence-corrected chi connectivity index (χ3v) is 4.69. The maximum absolute atomic E-state index is 12.1. The third-order valence-electron chi connectivity index (χ3n) is 4.69. The van der Waals surface area contributed by atoms with E-state index < -0.39 is 11.8 Å². The summed E-state index contributed by atoms with van der Waals surface area (Å²) in [6, 6.07) is 21.1. The van der Waals surface area contributed by atoms with Crippen molar-refractivity contribution in [1.82, 2.24) is 5.43 Å². The highest BCUT2D eigenvalue weighted by Gasteiger charge is 2.15. The van der Waals surface area contributed by atoms with Crippen LogP contribution in [0.3, 0.4) is 0 Å². The predicted molar refractivity (Wildman–Crippen MR) is 122 cm³/mol. The van der Waals surface area contributed by atoms with E-state index in [1.54, 1.807) is 6.07 Å². The Morgan fingerprint density at radius 2 is 1.58 bits per heavy atom. The number of nitrogens with one attached hydrogen (secondary N) is 2. The van der Waals surface area contributed by atoms with Gasteiger partial charge in [0, 0.05) is 5.69 Å². The lowest BCUT2D eigenvalue weighted by Crippen LogP contribution is -2.32. The van der Waals surface area contributed by atoms with Crippen LogP contribution in [0.5, 0.6) is 5.75 Å². The highest BCUT2D eigenvalue weighted by molar-refractivity contribution is 6.39. The van der Waals surface area contributed by atoms with Gasteiger partial charge in [0.1, 0.15) is 12.4 Å². The number of anilines is 1. The van der Waals surface area contributed by atoms with Crippen LogP contribution in [0.15, 0.2) is 71.8 Å². The summed E-state index contributed by atoms with van der Waals surface area (Å²) in [5.74, 6) is -0.931. The van der Waals surface area contributed by atoms with E-state index in [1.165, 1.54) is 11.8 Å². The average molecular weight is 415 g/mol. The quantitative estimate of drug-likeness (QED) is 0.358. The van der Waals surface area contributed by atoms with Crippen LogP contribution < -0.4 is 15.5 Å². The molecule has 0 fully saturated rings. The summed E-state index contributed by atoms with van der Waals surface area (Å²) in [5, 5.41) is 6.50. The maximum Gasteiger partial charge on any atom is 0.329 e. The molecule has 3 aromatic carbocycles. The van der Waals surface area contributed by atoms with Crippen LogP contribution in [-0.4, -0.2) is 18.0 Å². The zero-order valence-corrected chi connectivity index (χ0v) is 17.8. The number of hydrazone groups is 1. The van der Waals surface area contributed by atoms with Crippen molar-refractivity contribution in [2.45, 2.75) is 27.4 Å². The van der Waals surface area contributed by atoms with E-state index in [4.69, 9.17) is 4.74 Å². The molecule has 6 heteroatoms. The average Bonchev–Trinajstić information content (AvgIpc) is 2.76. The summed E-state index contributed by atoms with van der Waals surface area (Å²) < 4.78 is 5.81. The van der Waals surface area contributed by atoms with Crippen LogP contribution in [0.4, 0.5) is 5.69 Å². The molecule has 0 aliphatic heterocycles. The van der Waals surface area contributed by atoms with E-state index in [0.29, 0.717) is 18.0 Å². The first-order valence-corrected chi connectivity index (χ1v) is 9.91. The van der Waals surface area contributed by atoms with Gasteiger partial charge in [-0.1, -0.05) is 60.2 Å². The normalized spacial score (nSPS) is 10.7. The molecule has 0 radical (unpaired) electrons. The summed E-state index contributed by atoms with van der Waals surface area (Å²) in [5.41, 5.74) is 7.65. The van der Waals surface area contributed by atoms with Gasteiger partial charge in [0.15, 0.2) is 0 Å². The first-order valence-electron chi connectivity index (χ1n) is 9.91. The Morgan fingerprint density at radius 3 is 2.29 bits per heavy atom. The molecule has 3 rings (SSSR count). The van der Waals surface area contributed by atoms with Crippen molar-refractivity contribution in [3.05, 3.63) is 94.5 Å². The Labute approximate surface area is 182 Å². The molecule has 158 valence electrons. The molecular formula is C25H25N3O3. The minimum Gasteiger partial charge on any atom is -0.489 e. The SMILES string of the molecule is Cc1ccc(COc2cccc(/C=N/NC(=O)C(=O)Nc3c(C)cccc3C)c2)cc1. The Bertz CT molecular complexity index is 1090. The first kappa shape index (κ1) is 21.8. The number of ether oxygens (including phenoxy) is 1. The smallest absolute Gasteiger partial charge is 0.329 e. The van der Waals surface area contributed by atoms with Gasteiger partial charge >= 0.3 is 11.8 Å². The molecule has 2 amide bonds. The van der Waals surface area contributed by atoms with Crippen molar-refractivity contribution in [2.24, 2.45) is 5.10 Å². The lowest BCUT2D eigenvalue weighted by molar-refractivity contribution is -0.136. The zero-order valence-electron chi connectivity index (χ0n) is 17.8. The van der Waals surface area contributed by atoms with Crippen LogP contribution >= 0.6 is 0 Å². The molecule has 6 nitrogen and oxygen atoms in total. The Morgan fingerprint density at radius 1 is 0.903 bits per heavy atom. The van der Waals surface area contributed by atoms with Crippen LogP contribution in [0.2, 0.25) is 0 Å². The topological polar surface area (TPSA) is 79.8 Å². The third kappa shape index (κ3) is 6.27. The summed E-state index contributed by atoms with van der Waals surface area (Å²) in [6.45, 7) is 6.23. The van der Waals surface area contributed by atoms with Gasteiger partial charge in [-0.25, -0.2) is 5.43 Å². The van der Waals surface area contributed by atoms with Crippen LogP contribution in [-0.2, 0) is 16.2 Å². The predicted octanol–water partition coefficient (Wildman–Crippen LogP) is 4.28. The van der Waals surface area contributed by atoms with Gasteiger partial charge in [0.25, 0.3) is 0 Å². The molecule has 0 unspecified atom stereocenters. The second-order valence-electron chi connectivity index (χ2n) is 7.27. The van der Waals surface area contributed by atoms with Crippen molar-refractivity contribution in [2.75, 3.05) is 5.32 Å². The molecule has 0 saturated heterocycles. The van der Waals surface area contributed by atoms with Gasteiger partial charge in [0.05, 0.1) is 6.21 Å². The second kappa shape index (κ2) is 10.2. The molecule has 0 aliphatic carbocycles. The Hall–Kier alpha value is -3.93. The molecule has 31 heavy (non-hydrogen) atoms. The lowest BCUT2D eigenvalue weighted by Gasteiger charge is -2.10. The molecule has 2 N–H and O–H groups in total. The van der Waals surface area contributed by atoms with E-state index in [-0.39, 0.29) is 0 Å². The number of aryl methyl sites for hydroxylation is 3. The second-order valence-corrected chi connectivity index (χ2v) is 7.27. The minimum absolute atomic E-state index is 0.454. The van der Waals surface area contributed by atoms with Gasteiger partial charge in [-0.05, 0) is 55.2 Å². The van der Waals surface area contributed by atoms with Gasteiger partial charge in [0.2, 0.25) is 0 Å². The minimum atomic E-state index is -0.842. The summed E-state index contributed by atoms with van der Waals surface area (Å²) in [4.78, 5) is 24.2. The van der Waals surface area contributed by atoms with Crippen LogP contribution in [0.1, 0.15) is 27.8 Å². The molecule has 0 aromatic heterocycles. The summed E-state index contributed by atoms with van der Waals surface area (Å²) in [7, 11) is 0. The molecular weight excluding hydrogens is 390 g/mol. The standard InChI is InChI=1S/C25H25N3O3/c1-17-10-12-20(13-11-17)16-31-22-9-5-8-21(14-22)15-26-28-25(30)24(29)27-23-18(2)6-4-7-19(23)3/h4-15H,16H2,1-3H3,(H,27,29)(H,28,30)/b26-15+. The molecule has 0 atom stereocenters. The van der Waals surface area contributed by atoms with E-state index in [9.17, 15) is 9.59 Å². The molecule has 0 spiro atoms. The zero-order chi connectivity index (χ0) is 22.2. The summed E-state index contributed by atoms with van der Waals surface area (Å²) >= 11 is 0. The van der Waals surface area contributed by atoms with Crippen molar-refractivity contribution in [1.29, 1.82) is 0 Å². The van der Waals surface area contributed by atoms with E-state index in [1.807, 2.05) is 81.4 Å². The number of hydrogen-bond donors (Lipinski definition) is 2. The fourth-order valence-electron chi connectivity index (χ4n) is 2.93. The van der Waals surface area contributed by atoms with Crippen LogP contribution in [0, 0.1) is 20.8 Å². The van der Waals surface area contributed by atoms with Crippen molar-refractivity contribution in [3.8, 4) is 5.75 Å². The number of carbonyl (C=O) groups is 2. The Balaban J connectivity index is 1.54. The number of rotatable bonds is 6. The van der Waals surface area contributed by atoms with Crippen molar-refractivity contribution in [3.63, 3.8) is 0 Å². The van der Waals surface area contributed by atoms with E-state index in [0.717, 1.165) is 22.3 Å². The van der Waals surface area contributed by atoms with E-state index in [2.05, 4.69) is 15.8 Å². The molecule has 0 saturated carbocycles. The fraction of sp³-hybridized carbons (Fsp3) is 0.160. The molecule has 0 heterocycles. The Kier molecular flexibility index (Phi) is 7.17. The monoisotopic (exact) mass is 415 g/mol. The number of benzene rings is 3. The highest BCUT2D eigenvalue weighted by Crippen LogP contribution is 2.19. The number of hydrogen-bond acceptors (Lipinski definition) is 4. The summed E-state index contributed by atoms with van der Waals surface area (Å²) in [6.07, 6.45) is 1.46. The molecule has 0 bridgehead atoms. The van der Waals surface area contributed by atoms with Gasteiger partial charge in [-0.15, -0.1) is 0 Å². The highest BCUT2D eigenvalue weighted by atomic mass is 16.5. The van der Waals surface area contributed by atoms with Crippen molar-refractivity contribution < 1.29 is 14.3 Å². The number of nitrogens with zero attached hydrogens (tertiary/aromatic N) is 1. The fourth-order valence-corrected chi connectivity index (χ4v) is 2.93. The first-order chi connectivity index (χ1) is 14.9. The largest absolute Gasteiger partial charge is 0.489 e. The maximum atomic E-state index is 12.1. The molecule has 0 aliphatic rings. The number of carbonyl (C=O) groups excluding carboxylic acids is 2. The van der Waals surface area contributed by atoms with Crippen molar-refractivity contribution >= 4 is 23.7 Å².